The molecule has 19 heavy (non-hydrogen) atoms. The van der Waals surface area contributed by atoms with Gasteiger partial charge in [-0.15, -0.1) is 10.2 Å². The Hall–Kier alpha value is -1.71. The van der Waals surface area contributed by atoms with Gasteiger partial charge in [-0.2, -0.15) is 0 Å². The van der Waals surface area contributed by atoms with Gasteiger partial charge in [-0.1, -0.05) is 38.3 Å². The molecule has 100 valence electrons. The molecule has 3 rings (SSSR count). The fourth-order valence-electron chi connectivity index (χ4n) is 2.83. The van der Waals surface area contributed by atoms with Gasteiger partial charge < -0.3 is 5.32 Å². The summed E-state index contributed by atoms with van der Waals surface area (Å²) in [6.45, 7) is 3.29. The lowest BCUT2D eigenvalue weighted by Crippen LogP contribution is -2.29. The van der Waals surface area contributed by atoms with Gasteiger partial charge in [0.1, 0.15) is 5.52 Å². The van der Waals surface area contributed by atoms with Crippen LogP contribution in [0.1, 0.15) is 39.0 Å². The predicted molar refractivity (Wildman–Crippen MR) is 77.0 cm³/mol. The number of aromatic nitrogens is 3. The summed E-state index contributed by atoms with van der Waals surface area (Å²) in [5.74, 6) is 0.644. The summed E-state index contributed by atoms with van der Waals surface area (Å²) in [7, 11) is 0. The van der Waals surface area contributed by atoms with Crippen LogP contribution in [0.2, 0.25) is 0 Å². The van der Waals surface area contributed by atoms with Gasteiger partial charge in [0.2, 0.25) is 5.95 Å². The second kappa shape index (κ2) is 5.11. The minimum Gasteiger partial charge on any atom is -0.352 e. The minimum absolute atomic E-state index is 0.382. The van der Waals surface area contributed by atoms with Crippen molar-refractivity contribution in [2.75, 3.05) is 11.9 Å². The van der Waals surface area contributed by atoms with Gasteiger partial charge in [-0.3, -0.25) is 0 Å². The van der Waals surface area contributed by atoms with Crippen LogP contribution in [0.4, 0.5) is 5.95 Å². The van der Waals surface area contributed by atoms with E-state index in [0.29, 0.717) is 11.4 Å². The number of nitrogens with zero attached hydrogens (tertiary/aromatic N) is 3. The number of fused-ring (bicyclic) bond motifs is 1. The SMILES string of the molecule is CC1(CNc2nnc3ccccc3n2)CCCCC1. The van der Waals surface area contributed by atoms with Crippen LogP contribution in [0.25, 0.3) is 11.0 Å². The molecule has 0 spiro atoms. The molecule has 1 aromatic carbocycles. The predicted octanol–water partition coefficient (Wildman–Crippen LogP) is 3.41. The number of hydrogen-bond donors (Lipinski definition) is 1. The Balaban J connectivity index is 1.71. The third-order valence-corrected chi connectivity index (χ3v) is 4.09. The Labute approximate surface area is 113 Å². The molecule has 1 aromatic heterocycles. The highest BCUT2D eigenvalue weighted by Crippen LogP contribution is 2.35. The first kappa shape index (κ1) is 12.3. The van der Waals surface area contributed by atoms with E-state index in [-0.39, 0.29) is 0 Å². The Morgan fingerprint density at radius 1 is 1.05 bits per heavy atom. The maximum absolute atomic E-state index is 4.51. The molecule has 4 heteroatoms. The molecule has 0 radical (unpaired) electrons. The van der Waals surface area contributed by atoms with Crippen molar-refractivity contribution in [1.82, 2.24) is 15.2 Å². The van der Waals surface area contributed by atoms with Crippen molar-refractivity contribution in [2.24, 2.45) is 5.41 Å². The molecule has 0 aliphatic heterocycles. The van der Waals surface area contributed by atoms with E-state index < -0.39 is 0 Å². The molecule has 4 nitrogen and oxygen atoms in total. The summed E-state index contributed by atoms with van der Waals surface area (Å²) in [4.78, 5) is 4.51. The van der Waals surface area contributed by atoms with Crippen molar-refractivity contribution in [1.29, 1.82) is 0 Å². The highest BCUT2D eigenvalue weighted by Gasteiger charge is 2.26. The Morgan fingerprint density at radius 3 is 2.58 bits per heavy atom. The Kier molecular flexibility index (Phi) is 3.32. The second-order valence-corrected chi connectivity index (χ2v) is 5.85. The lowest BCUT2D eigenvalue weighted by molar-refractivity contribution is 0.233. The Bertz CT molecular complexity index is 561. The van der Waals surface area contributed by atoms with Crippen LogP contribution >= 0.6 is 0 Å². The van der Waals surface area contributed by atoms with E-state index in [0.717, 1.165) is 17.6 Å². The van der Waals surface area contributed by atoms with Crippen molar-refractivity contribution in [3.8, 4) is 0 Å². The zero-order valence-corrected chi connectivity index (χ0v) is 11.4. The molecule has 1 N–H and O–H groups in total. The molecular formula is C15H20N4. The molecule has 0 atom stereocenters. The van der Waals surface area contributed by atoms with Crippen molar-refractivity contribution >= 4 is 17.0 Å². The topological polar surface area (TPSA) is 50.7 Å². The lowest BCUT2D eigenvalue weighted by Gasteiger charge is -2.33. The summed E-state index contributed by atoms with van der Waals surface area (Å²) in [5.41, 5.74) is 2.12. The first-order chi connectivity index (χ1) is 9.25. The summed E-state index contributed by atoms with van der Waals surface area (Å²) >= 11 is 0. The molecule has 2 aromatic rings. The molecule has 0 bridgehead atoms. The zero-order valence-electron chi connectivity index (χ0n) is 11.4. The molecule has 1 aliphatic rings. The van der Waals surface area contributed by atoms with E-state index in [2.05, 4.69) is 27.4 Å². The van der Waals surface area contributed by atoms with Gasteiger partial charge in [0.05, 0.1) is 5.52 Å². The number of nitrogens with one attached hydrogen (secondary N) is 1. The molecule has 0 unspecified atom stereocenters. The van der Waals surface area contributed by atoms with Gasteiger partial charge in [0, 0.05) is 6.54 Å². The standard InChI is InChI=1S/C15H20N4/c1-15(9-5-2-6-10-15)11-16-14-17-12-7-3-4-8-13(12)18-19-14/h3-4,7-8H,2,5-6,9-11H2,1H3,(H,16,17,19). The minimum atomic E-state index is 0.382. The quantitative estimate of drug-likeness (QED) is 0.914. The smallest absolute Gasteiger partial charge is 0.243 e. The van der Waals surface area contributed by atoms with Gasteiger partial charge in [-0.05, 0) is 30.4 Å². The van der Waals surface area contributed by atoms with Crippen LogP contribution < -0.4 is 5.32 Å². The van der Waals surface area contributed by atoms with Gasteiger partial charge >= 0.3 is 0 Å². The van der Waals surface area contributed by atoms with Crippen LogP contribution in [0.15, 0.2) is 24.3 Å². The summed E-state index contributed by atoms with van der Waals surface area (Å²) in [5, 5.41) is 11.7. The molecule has 1 fully saturated rings. The largest absolute Gasteiger partial charge is 0.352 e. The van der Waals surface area contributed by atoms with E-state index >= 15 is 0 Å². The van der Waals surface area contributed by atoms with Crippen molar-refractivity contribution in [3.05, 3.63) is 24.3 Å². The van der Waals surface area contributed by atoms with Crippen molar-refractivity contribution in [2.45, 2.75) is 39.0 Å². The van der Waals surface area contributed by atoms with E-state index in [1.807, 2.05) is 24.3 Å². The number of hydrogen-bond acceptors (Lipinski definition) is 4. The average Bonchev–Trinajstić information content (AvgIpc) is 2.46. The van der Waals surface area contributed by atoms with Crippen molar-refractivity contribution < 1.29 is 0 Å². The highest BCUT2D eigenvalue weighted by atomic mass is 15.2. The molecule has 1 heterocycles. The van der Waals surface area contributed by atoms with E-state index in [9.17, 15) is 0 Å². The number of para-hydroxylation sites is 1. The molecule has 0 saturated heterocycles. The average molecular weight is 256 g/mol. The van der Waals surface area contributed by atoms with Gasteiger partial charge in [0.15, 0.2) is 0 Å². The van der Waals surface area contributed by atoms with E-state index in [1.165, 1.54) is 32.1 Å². The van der Waals surface area contributed by atoms with Crippen molar-refractivity contribution in [3.63, 3.8) is 0 Å². The summed E-state index contributed by atoms with van der Waals surface area (Å²) in [6.07, 6.45) is 6.65. The lowest BCUT2D eigenvalue weighted by atomic mass is 9.76. The summed E-state index contributed by atoms with van der Waals surface area (Å²) < 4.78 is 0. The fourth-order valence-corrected chi connectivity index (χ4v) is 2.83. The van der Waals surface area contributed by atoms with Crippen LogP contribution in [0.5, 0.6) is 0 Å². The molecule has 1 saturated carbocycles. The van der Waals surface area contributed by atoms with Crippen LogP contribution in [-0.4, -0.2) is 21.7 Å². The normalized spacial score (nSPS) is 18.4. The van der Waals surface area contributed by atoms with Crippen LogP contribution in [0.3, 0.4) is 0 Å². The molecule has 1 aliphatic carbocycles. The Morgan fingerprint density at radius 2 is 1.79 bits per heavy atom. The monoisotopic (exact) mass is 256 g/mol. The second-order valence-electron chi connectivity index (χ2n) is 5.85. The van der Waals surface area contributed by atoms with Gasteiger partial charge in [-0.25, -0.2) is 4.98 Å². The van der Waals surface area contributed by atoms with Crippen LogP contribution in [-0.2, 0) is 0 Å². The third-order valence-electron chi connectivity index (χ3n) is 4.09. The fraction of sp³-hybridized carbons (Fsp3) is 0.533. The van der Waals surface area contributed by atoms with Crippen LogP contribution in [0, 0.1) is 5.41 Å². The number of rotatable bonds is 3. The first-order valence-electron chi connectivity index (χ1n) is 7.09. The summed E-state index contributed by atoms with van der Waals surface area (Å²) in [6, 6.07) is 7.83. The maximum atomic E-state index is 4.51. The number of benzene rings is 1. The third kappa shape index (κ3) is 2.83. The maximum Gasteiger partial charge on any atom is 0.243 e. The molecular weight excluding hydrogens is 236 g/mol. The van der Waals surface area contributed by atoms with E-state index in [4.69, 9.17) is 0 Å². The van der Waals surface area contributed by atoms with Gasteiger partial charge in [0.25, 0.3) is 0 Å². The van der Waals surface area contributed by atoms with E-state index in [1.54, 1.807) is 0 Å². The highest BCUT2D eigenvalue weighted by molar-refractivity contribution is 5.73. The number of anilines is 1. The first-order valence-corrected chi connectivity index (χ1v) is 7.09. The zero-order chi connectivity index (χ0) is 13.1. The molecule has 0 amide bonds.